The average molecular weight is 259 g/mol. The second kappa shape index (κ2) is 6.00. The molecule has 2 rings (SSSR count). The van der Waals surface area contributed by atoms with Gasteiger partial charge >= 0.3 is 0 Å². The van der Waals surface area contributed by atoms with Gasteiger partial charge in [-0.1, -0.05) is 12.1 Å². The summed E-state index contributed by atoms with van der Waals surface area (Å²) in [6, 6.07) is 9.36. The lowest BCUT2D eigenvalue weighted by atomic mass is 10.1. The first-order valence-electron chi connectivity index (χ1n) is 5.93. The number of benzene rings is 1. The van der Waals surface area contributed by atoms with Crippen molar-refractivity contribution in [1.29, 1.82) is 0 Å². The third kappa shape index (κ3) is 3.81. The van der Waals surface area contributed by atoms with Gasteiger partial charge in [0.05, 0.1) is 12.3 Å². The fourth-order valence-corrected chi connectivity index (χ4v) is 1.64. The maximum absolute atomic E-state index is 12.8. The Labute approximate surface area is 110 Å². The molecule has 0 radical (unpaired) electrons. The molecule has 1 N–H and O–H groups in total. The fourth-order valence-electron chi connectivity index (χ4n) is 1.64. The summed E-state index contributed by atoms with van der Waals surface area (Å²) in [5.74, 6) is 0.0952. The molecule has 0 aliphatic carbocycles. The van der Waals surface area contributed by atoms with Crippen molar-refractivity contribution in [3.63, 3.8) is 0 Å². The van der Waals surface area contributed by atoms with E-state index in [-0.39, 0.29) is 17.8 Å². The number of amides is 1. The highest BCUT2D eigenvalue weighted by Gasteiger charge is 2.07. The highest BCUT2D eigenvalue weighted by atomic mass is 19.1. The van der Waals surface area contributed by atoms with Crippen LogP contribution in [0, 0.1) is 5.82 Å². The number of nitrogens with one attached hydrogen (secondary N) is 1. The molecule has 0 fully saturated rings. The Morgan fingerprint density at radius 1 is 1.32 bits per heavy atom. The Hall–Kier alpha value is -2.36. The third-order valence-corrected chi connectivity index (χ3v) is 2.67. The smallest absolute Gasteiger partial charge is 0.244 e. The maximum Gasteiger partial charge on any atom is 0.244 e. The number of carbonyl (C=O) groups excluding carboxylic acids is 1. The highest BCUT2D eigenvalue weighted by molar-refractivity contribution is 5.91. The SMILES string of the molecule is C[C@H](NC(=O)/C=C/c1ccco1)c1ccc(F)cc1. The minimum absolute atomic E-state index is 0.186. The lowest BCUT2D eigenvalue weighted by Crippen LogP contribution is -2.24. The third-order valence-electron chi connectivity index (χ3n) is 2.67. The van der Waals surface area contributed by atoms with Crippen molar-refractivity contribution in [3.05, 3.63) is 65.9 Å². The molecular weight excluding hydrogens is 245 g/mol. The molecule has 3 nitrogen and oxygen atoms in total. The van der Waals surface area contributed by atoms with Crippen molar-refractivity contribution in [2.45, 2.75) is 13.0 Å². The number of carbonyl (C=O) groups is 1. The van der Waals surface area contributed by atoms with Crippen LogP contribution >= 0.6 is 0 Å². The number of furan rings is 1. The molecule has 0 bridgehead atoms. The van der Waals surface area contributed by atoms with Gasteiger partial charge in [0.2, 0.25) is 5.91 Å². The molecule has 1 aromatic heterocycles. The van der Waals surface area contributed by atoms with Crippen LogP contribution in [0.4, 0.5) is 4.39 Å². The first-order valence-corrected chi connectivity index (χ1v) is 5.93. The van der Waals surface area contributed by atoms with Crippen molar-refractivity contribution < 1.29 is 13.6 Å². The number of rotatable bonds is 4. The van der Waals surface area contributed by atoms with E-state index in [1.54, 1.807) is 36.6 Å². The predicted molar refractivity (Wildman–Crippen MR) is 70.7 cm³/mol. The van der Waals surface area contributed by atoms with Crippen LogP contribution in [-0.4, -0.2) is 5.91 Å². The zero-order valence-corrected chi connectivity index (χ0v) is 10.5. The van der Waals surface area contributed by atoms with E-state index in [4.69, 9.17) is 4.42 Å². The van der Waals surface area contributed by atoms with Gasteiger partial charge in [-0.15, -0.1) is 0 Å². The fraction of sp³-hybridized carbons (Fsp3) is 0.133. The minimum Gasteiger partial charge on any atom is -0.465 e. The van der Waals surface area contributed by atoms with Gasteiger partial charge in [-0.05, 0) is 42.8 Å². The first kappa shape index (κ1) is 13.1. The van der Waals surface area contributed by atoms with Gasteiger partial charge < -0.3 is 9.73 Å². The summed E-state index contributed by atoms with van der Waals surface area (Å²) in [5.41, 5.74) is 0.848. The molecule has 2 aromatic rings. The lowest BCUT2D eigenvalue weighted by molar-refractivity contribution is -0.117. The molecule has 0 aliphatic rings. The molecule has 0 unspecified atom stereocenters. The summed E-state index contributed by atoms with van der Waals surface area (Å²) < 4.78 is 17.9. The summed E-state index contributed by atoms with van der Waals surface area (Å²) in [4.78, 5) is 11.7. The Morgan fingerprint density at radius 3 is 2.68 bits per heavy atom. The summed E-state index contributed by atoms with van der Waals surface area (Å²) in [5, 5.41) is 2.79. The highest BCUT2D eigenvalue weighted by Crippen LogP contribution is 2.12. The summed E-state index contributed by atoms with van der Waals surface area (Å²) in [6.45, 7) is 1.84. The molecule has 1 atom stereocenters. The van der Waals surface area contributed by atoms with Crippen molar-refractivity contribution in [2.24, 2.45) is 0 Å². The van der Waals surface area contributed by atoms with Crippen LogP contribution in [0.2, 0.25) is 0 Å². The molecule has 0 spiro atoms. The van der Waals surface area contributed by atoms with Crippen molar-refractivity contribution in [3.8, 4) is 0 Å². The second-order valence-electron chi connectivity index (χ2n) is 4.13. The van der Waals surface area contributed by atoms with Crippen LogP contribution in [-0.2, 0) is 4.79 Å². The van der Waals surface area contributed by atoms with E-state index < -0.39 is 0 Å². The Kier molecular flexibility index (Phi) is 4.13. The van der Waals surface area contributed by atoms with E-state index in [1.807, 2.05) is 6.92 Å². The van der Waals surface area contributed by atoms with E-state index >= 15 is 0 Å². The average Bonchev–Trinajstić information content (AvgIpc) is 2.90. The van der Waals surface area contributed by atoms with Gasteiger partial charge in [0.1, 0.15) is 11.6 Å². The normalized spacial score (nSPS) is 12.5. The van der Waals surface area contributed by atoms with Gasteiger partial charge in [-0.25, -0.2) is 4.39 Å². The van der Waals surface area contributed by atoms with Gasteiger partial charge in [-0.2, -0.15) is 0 Å². The molecule has 4 heteroatoms. The predicted octanol–water partition coefficient (Wildman–Crippen LogP) is 3.31. The van der Waals surface area contributed by atoms with Crippen molar-refractivity contribution in [2.75, 3.05) is 0 Å². The van der Waals surface area contributed by atoms with Crippen LogP contribution in [0.25, 0.3) is 6.08 Å². The maximum atomic E-state index is 12.8. The minimum atomic E-state index is -0.292. The summed E-state index contributed by atoms with van der Waals surface area (Å²) in [6.07, 6.45) is 4.53. The standard InChI is InChI=1S/C15H14FNO2/c1-11(12-4-6-13(16)7-5-12)17-15(18)9-8-14-3-2-10-19-14/h2-11H,1H3,(H,17,18)/b9-8+/t11-/m0/s1. The monoisotopic (exact) mass is 259 g/mol. The lowest BCUT2D eigenvalue weighted by Gasteiger charge is -2.12. The van der Waals surface area contributed by atoms with Crippen LogP contribution in [0.5, 0.6) is 0 Å². The topological polar surface area (TPSA) is 42.2 Å². The largest absolute Gasteiger partial charge is 0.465 e. The molecule has 0 aliphatic heterocycles. The molecule has 0 saturated heterocycles. The molecule has 1 amide bonds. The number of halogens is 1. The van der Waals surface area contributed by atoms with Crippen molar-refractivity contribution in [1.82, 2.24) is 5.32 Å². The van der Waals surface area contributed by atoms with Gasteiger partial charge in [0.25, 0.3) is 0 Å². The van der Waals surface area contributed by atoms with Crippen molar-refractivity contribution >= 4 is 12.0 Å². The Bertz CT molecular complexity index is 558. The molecule has 1 heterocycles. The molecule has 1 aromatic carbocycles. The number of hydrogen-bond acceptors (Lipinski definition) is 2. The van der Waals surface area contributed by atoms with Gasteiger partial charge in [0, 0.05) is 6.08 Å². The summed E-state index contributed by atoms with van der Waals surface area (Å²) >= 11 is 0. The quantitative estimate of drug-likeness (QED) is 0.856. The van der Waals surface area contributed by atoms with Crippen LogP contribution < -0.4 is 5.32 Å². The van der Waals surface area contributed by atoms with Crippen LogP contribution in [0.1, 0.15) is 24.3 Å². The van der Waals surface area contributed by atoms with Gasteiger partial charge in [0.15, 0.2) is 0 Å². The summed E-state index contributed by atoms with van der Waals surface area (Å²) in [7, 11) is 0. The Balaban J connectivity index is 1.93. The van der Waals surface area contributed by atoms with Crippen LogP contribution in [0.15, 0.2) is 53.2 Å². The second-order valence-corrected chi connectivity index (χ2v) is 4.13. The molecule has 19 heavy (non-hydrogen) atoms. The van der Waals surface area contributed by atoms with Gasteiger partial charge in [-0.3, -0.25) is 4.79 Å². The zero-order chi connectivity index (χ0) is 13.7. The first-order chi connectivity index (χ1) is 9.15. The molecular formula is C15H14FNO2. The van der Waals surface area contributed by atoms with E-state index in [1.165, 1.54) is 18.2 Å². The van der Waals surface area contributed by atoms with E-state index in [0.717, 1.165) is 5.56 Å². The van der Waals surface area contributed by atoms with E-state index in [2.05, 4.69) is 5.32 Å². The molecule has 98 valence electrons. The molecule has 0 saturated carbocycles. The zero-order valence-electron chi connectivity index (χ0n) is 10.5. The van der Waals surface area contributed by atoms with E-state index in [9.17, 15) is 9.18 Å². The number of hydrogen-bond donors (Lipinski definition) is 1. The van der Waals surface area contributed by atoms with E-state index in [0.29, 0.717) is 5.76 Å². The van der Waals surface area contributed by atoms with Crippen LogP contribution in [0.3, 0.4) is 0 Å². The Morgan fingerprint density at radius 2 is 2.05 bits per heavy atom.